The fourth-order valence-corrected chi connectivity index (χ4v) is 2.44. The van der Waals surface area contributed by atoms with Crippen LogP contribution in [0, 0.1) is 11.6 Å². The molecule has 0 aliphatic carbocycles. The minimum absolute atomic E-state index is 0.119. The fourth-order valence-electron chi connectivity index (χ4n) is 2.44. The number of carbonyl (C=O) groups is 1. The van der Waals surface area contributed by atoms with Crippen LogP contribution in [0.3, 0.4) is 0 Å². The summed E-state index contributed by atoms with van der Waals surface area (Å²) >= 11 is 0. The molecule has 2 aromatic carbocycles. The molecule has 0 aliphatic rings. The molecule has 0 spiro atoms. The summed E-state index contributed by atoms with van der Waals surface area (Å²) in [4.78, 5) is 12.4. The molecule has 2 aromatic rings. The topological polar surface area (TPSA) is 67.8 Å². The highest BCUT2D eigenvalue weighted by molar-refractivity contribution is 5.97. The van der Waals surface area contributed by atoms with Gasteiger partial charge >= 0.3 is 0 Å². The van der Waals surface area contributed by atoms with Crippen LogP contribution in [0.25, 0.3) is 0 Å². The molecule has 7 heteroatoms. The average molecular weight is 351 g/mol. The maximum atomic E-state index is 13.9. The van der Waals surface area contributed by atoms with Crippen LogP contribution >= 0.6 is 0 Å². The number of methoxy groups -OCH3 is 2. The highest BCUT2D eigenvalue weighted by Crippen LogP contribution is 2.31. The van der Waals surface area contributed by atoms with Crippen molar-refractivity contribution in [1.82, 2.24) is 5.32 Å². The lowest BCUT2D eigenvalue weighted by Gasteiger charge is -2.25. The summed E-state index contributed by atoms with van der Waals surface area (Å²) in [7, 11) is 2.85. The van der Waals surface area contributed by atoms with Gasteiger partial charge in [-0.05, 0) is 25.1 Å². The number of carbonyl (C=O) groups excluding carboxylic acids is 1. The first-order valence-electron chi connectivity index (χ1n) is 7.47. The Bertz CT molecular complexity index is 778. The van der Waals surface area contributed by atoms with Crippen molar-refractivity contribution in [3.8, 4) is 11.5 Å². The van der Waals surface area contributed by atoms with Gasteiger partial charge in [-0.15, -0.1) is 0 Å². The van der Waals surface area contributed by atoms with Crippen LogP contribution in [0.15, 0.2) is 36.4 Å². The molecule has 25 heavy (non-hydrogen) atoms. The summed E-state index contributed by atoms with van der Waals surface area (Å²) in [6, 6.07) is 7.65. The van der Waals surface area contributed by atoms with E-state index < -0.39 is 23.1 Å². The minimum Gasteiger partial charge on any atom is -0.493 e. The zero-order chi connectivity index (χ0) is 18.6. The molecule has 1 amide bonds. The number of aliphatic hydroxyl groups is 1. The van der Waals surface area contributed by atoms with Crippen LogP contribution in [-0.2, 0) is 5.60 Å². The number of hydrogen-bond acceptors (Lipinski definition) is 4. The van der Waals surface area contributed by atoms with Crippen LogP contribution in [0.5, 0.6) is 11.5 Å². The Balaban J connectivity index is 2.19. The summed E-state index contributed by atoms with van der Waals surface area (Å²) < 4.78 is 37.2. The van der Waals surface area contributed by atoms with Gasteiger partial charge in [0.15, 0.2) is 11.5 Å². The summed E-state index contributed by atoms with van der Waals surface area (Å²) in [5.41, 5.74) is -1.64. The maximum Gasteiger partial charge on any atom is 0.255 e. The van der Waals surface area contributed by atoms with E-state index in [0.717, 1.165) is 12.1 Å². The summed E-state index contributed by atoms with van der Waals surface area (Å²) in [6.07, 6.45) is 0. The molecule has 0 aromatic heterocycles. The molecule has 0 fully saturated rings. The number of ether oxygens (including phenoxy) is 2. The van der Waals surface area contributed by atoms with E-state index >= 15 is 0 Å². The van der Waals surface area contributed by atoms with Crippen LogP contribution in [-0.4, -0.2) is 31.8 Å². The van der Waals surface area contributed by atoms with Crippen LogP contribution in [0.4, 0.5) is 8.78 Å². The van der Waals surface area contributed by atoms with Crippen LogP contribution in [0.1, 0.15) is 22.8 Å². The third kappa shape index (κ3) is 4.06. The van der Waals surface area contributed by atoms with Gasteiger partial charge in [0.25, 0.3) is 5.91 Å². The summed E-state index contributed by atoms with van der Waals surface area (Å²) in [6.45, 7) is 1.04. The van der Waals surface area contributed by atoms with Crippen molar-refractivity contribution in [3.63, 3.8) is 0 Å². The van der Waals surface area contributed by atoms with E-state index in [2.05, 4.69) is 5.32 Å². The van der Waals surface area contributed by atoms with Crippen molar-refractivity contribution in [1.29, 1.82) is 0 Å². The Morgan fingerprint density at radius 2 is 1.92 bits per heavy atom. The molecule has 0 aliphatic heterocycles. The predicted octanol–water partition coefficient (Wildman–Crippen LogP) is 2.62. The Kier molecular flexibility index (Phi) is 5.58. The van der Waals surface area contributed by atoms with Gasteiger partial charge < -0.3 is 19.9 Å². The molecule has 0 unspecified atom stereocenters. The number of benzene rings is 2. The zero-order valence-corrected chi connectivity index (χ0v) is 14.1. The van der Waals surface area contributed by atoms with E-state index in [-0.39, 0.29) is 23.4 Å². The van der Waals surface area contributed by atoms with E-state index in [0.29, 0.717) is 11.8 Å². The van der Waals surface area contributed by atoms with Crippen molar-refractivity contribution in [2.24, 2.45) is 0 Å². The third-order valence-electron chi connectivity index (χ3n) is 3.75. The Morgan fingerprint density at radius 3 is 2.52 bits per heavy atom. The van der Waals surface area contributed by atoms with Gasteiger partial charge in [0.2, 0.25) is 0 Å². The van der Waals surface area contributed by atoms with Gasteiger partial charge in [-0.2, -0.15) is 0 Å². The van der Waals surface area contributed by atoms with Crippen LogP contribution < -0.4 is 14.8 Å². The molecule has 0 saturated heterocycles. The standard InChI is InChI=1S/C18H19F2NO4/c1-18(23,13-8-7-11(19)9-14(13)20)10-21-17(22)12-5-4-6-15(24-2)16(12)25-3/h4-9,23H,10H2,1-3H3,(H,21,22)/t18-/m1/s1. The molecule has 2 N–H and O–H groups in total. The van der Waals surface area contributed by atoms with Gasteiger partial charge in [-0.25, -0.2) is 8.78 Å². The van der Waals surface area contributed by atoms with Crippen molar-refractivity contribution in [2.45, 2.75) is 12.5 Å². The number of nitrogens with one attached hydrogen (secondary N) is 1. The number of halogens is 2. The second-order valence-electron chi connectivity index (χ2n) is 5.62. The lowest BCUT2D eigenvalue weighted by Crippen LogP contribution is -2.39. The van der Waals surface area contributed by atoms with Gasteiger partial charge in [-0.1, -0.05) is 12.1 Å². The molecule has 1 atom stereocenters. The van der Waals surface area contributed by atoms with Gasteiger partial charge in [-0.3, -0.25) is 4.79 Å². The smallest absolute Gasteiger partial charge is 0.255 e. The molecular formula is C18H19F2NO4. The monoisotopic (exact) mass is 351 g/mol. The lowest BCUT2D eigenvalue weighted by atomic mass is 9.95. The van der Waals surface area contributed by atoms with Gasteiger partial charge in [0, 0.05) is 11.6 Å². The highest BCUT2D eigenvalue weighted by Gasteiger charge is 2.28. The number of rotatable bonds is 6. The minimum atomic E-state index is -1.72. The zero-order valence-electron chi connectivity index (χ0n) is 14.1. The highest BCUT2D eigenvalue weighted by atomic mass is 19.1. The first-order valence-corrected chi connectivity index (χ1v) is 7.47. The molecule has 0 radical (unpaired) electrons. The first-order chi connectivity index (χ1) is 11.8. The third-order valence-corrected chi connectivity index (χ3v) is 3.75. The van der Waals surface area contributed by atoms with E-state index in [1.165, 1.54) is 27.2 Å². The number of hydrogen-bond donors (Lipinski definition) is 2. The number of amides is 1. The molecule has 0 heterocycles. The van der Waals surface area contributed by atoms with E-state index in [1.54, 1.807) is 12.1 Å². The predicted molar refractivity (Wildman–Crippen MR) is 87.8 cm³/mol. The van der Waals surface area contributed by atoms with Crippen molar-refractivity contribution in [2.75, 3.05) is 20.8 Å². The molecule has 134 valence electrons. The molecule has 0 bridgehead atoms. The maximum absolute atomic E-state index is 13.9. The lowest BCUT2D eigenvalue weighted by molar-refractivity contribution is 0.0493. The fraction of sp³-hybridized carbons (Fsp3) is 0.278. The Labute approximate surface area is 144 Å². The van der Waals surface area contributed by atoms with Crippen molar-refractivity contribution in [3.05, 3.63) is 59.2 Å². The number of para-hydroxylation sites is 1. The van der Waals surface area contributed by atoms with E-state index in [1.807, 2.05) is 0 Å². The second-order valence-corrected chi connectivity index (χ2v) is 5.62. The van der Waals surface area contributed by atoms with Crippen molar-refractivity contribution < 1.29 is 28.2 Å². The van der Waals surface area contributed by atoms with E-state index in [9.17, 15) is 18.7 Å². The Morgan fingerprint density at radius 1 is 1.20 bits per heavy atom. The average Bonchev–Trinajstić information content (AvgIpc) is 2.58. The summed E-state index contributed by atoms with van der Waals surface area (Å²) in [5, 5.41) is 13.0. The second kappa shape index (κ2) is 7.48. The molecule has 2 rings (SSSR count). The van der Waals surface area contributed by atoms with Crippen LogP contribution in [0.2, 0.25) is 0 Å². The normalized spacial score (nSPS) is 13.0. The summed E-state index contributed by atoms with van der Waals surface area (Å²) in [5.74, 6) is -1.54. The quantitative estimate of drug-likeness (QED) is 0.840. The Hall–Kier alpha value is -2.67. The molecule has 5 nitrogen and oxygen atoms in total. The first kappa shape index (κ1) is 18.7. The van der Waals surface area contributed by atoms with Gasteiger partial charge in [0.1, 0.15) is 17.2 Å². The van der Waals surface area contributed by atoms with Gasteiger partial charge in [0.05, 0.1) is 26.3 Å². The molecular weight excluding hydrogens is 332 g/mol. The van der Waals surface area contributed by atoms with E-state index in [4.69, 9.17) is 9.47 Å². The van der Waals surface area contributed by atoms with Crippen molar-refractivity contribution >= 4 is 5.91 Å². The largest absolute Gasteiger partial charge is 0.493 e. The SMILES string of the molecule is COc1cccc(C(=O)NC[C@@](C)(O)c2ccc(F)cc2F)c1OC. The molecule has 0 saturated carbocycles.